The molecule has 1 unspecified atom stereocenters. The van der Waals surface area contributed by atoms with E-state index in [1.807, 2.05) is 20.1 Å². The molecule has 1 aromatic heterocycles. The van der Waals surface area contributed by atoms with Gasteiger partial charge in [-0.05, 0) is 38.3 Å². The van der Waals surface area contributed by atoms with Crippen molar-refractivity contribution in [2.75, 3.05) is 18.2 Å². The monoisotopic (exact) mass is 391 g/mol. The van der Waals surface area contributed by atoms with E-state index in [2.05, 4.69) is 15.6 Å². The highest BCUT2D eigenvalue weighted by atomic mass is 32.2. The van der Waals surface area contributed by atoms with E-state index < -0.39 is 0 Å². The highest BCUT2D eigenvalue weighted by molar-refractivity contribution is 7.98. The van der Waals surface area contributed by atoms with Gasteiger partial charge in [-0.2, -0.15) is 0 Å². The first kappa shape index (κ1) is 20.8. The summed E-state index contributed by atoms with van der Waals surface area (Å²) in [5.41, 5.74) is 1.52. The molecule has 1 aromatic carbocycles. The lowest BCUT2D eigenvalue weighted by molar-refractivity contribution is -0.118. The summed E-state index contributed by atoms with van der Waals surface area (Å²) in [4.78, 5) is 29.0. The smallest absolute Gasteiger partial charge is 0.255 e. The number of nitrogens with one attached hydrogen (secondary N) is 2. The molecule has 0 fully saturated rings. The Morgan fingerprint density at radius 2 is 2.04 bits per heavy atom. The molecule has 2 N–H and O–H groups in total. The van der Waals surface area contributed by atoms with Crippen LogP contribution in [-0.2, 0) is 4.79 Å². The van der Waals surface area contributed by atoms with Gasteiger partial charge >= 0.3 is 0 Å². The van der Waals surface area contributed by atoms with E-state index in [-0.39, 0.29) is 23.8 Å². The Morgan fingerprint density at radius 1 is 1.30 bits per heavy atom. The lowest BCUT2D eigenvalue weighted by atomic mass is 10.1. The zero-order valence-electron chi connectivity index (χ0n) is 16.2. The van der Waals surface area contributed by atoms with Crippen LogP contribution >= 0.6 is 11.8 Å². The van der Waals surface area contributed by atoms with E-state index in [1.54, 1.807) is 32.0 Å². The maximum absolute atomic E-state index is 12.8. The number of anilines is 1. The number of oxazole rings is 1. The number of benzene rings is 1. The average Bonchev–Trinajstić information content (AvgIpc) is 3.12. The van der Waals surface area contributed by atoms with E-state index in [4.69, 9.17) is 9.15 Å². The topological polar surface area (TPSA) is 93.5 Å². The van der Waals surface area contributed by atoms with Gasteiger partial charge in [-0.25, -0.2) is 4.98 Å². The molecule has 0 bridgehead atoms. The van der Waals surface area contributed by atoms with Crippen molar-refractivity contribution in [2.45, 2.75) is 39.0 Å². The Labute approximate surface area is 163 Å². The molecule has 2 rings (SSSR count). The van der Waals surface area contributed by atoms with Crippen molar-refractivity contribution in [3.8, 4) is 5.75 Å². The summed E-state index contributed by atoms with van der Waals surface area (Å²) in [6.07, 6.45) is 3.39. The summed E-state index contributed by atoms with van der Waals surface area (Å²) < 4.78 is 10.9. The predicted molar refractivity (Wildman–Crippen MR) is 105 cm³/mol. The molecule has 1 atom stereocenters. The lowest BCUT2D eigenvalue weighted by Crippen LogP contribution is -2.27. The Bertz CT molecular complexity index is 804. The first-order chi connectivity index (χ1) is 12.8. The largest absolute Gasteiger partial charge is 0.493 e. The fourth-order valence-electron chi connectivity index (χ4n) is 2.26. The molecule has 1 heterocycles. The molecule has 0 radical (unpaired) electrons. The molecular weight excluding hydrogens is 366 g/mol. The molecule has 2 amide bonds. The first-order valence-corrected chi connectivity index (χ1v) is 9.96. The van der Waals surface area contributed by atoms with Crippen LogP contribution in [0.5, 0.6) is 5.75 Å². The number of rotatable bonds is 8. The number of carbonyl (C=O) groups excluding carboxylic acids is 2. The maximum Gasteiger partial charge on any atom is 0.255 e. The molecule has 2 aromatic rings. The first-order valence-electron chi connectivity index (χ1n) is 8.73. The minimum atomic E-state index is -0.342. The molecule has 7 nitrogen and oxygen atoms in total. The normalized spacial score (nSPS) is 11.9. The zero-order chi connectivity index (χ0) is 20.0. The van der Waals surface area contributed by atoms with Crippen LogP contribution in [-0.4, -0.2) is 29.7 Å². The number of aromatic nitrogens is 1. The minimum absolute atomic E-state index is 0.119. The second-order valence-electron chi connectivity index (χ2n) is 6.23. The number of carbonyl (C=O) groups is 2. The quantitative estimate of drug-likeness (QED) is 0.663. The van der Waals surface area contributed by atoms with Crippen LogP contribution in [0.2, 0.25) is 0 Å². The molecule has 146 valence electrons. The molecule has 8 heteroatoms. The Kier molecular flexibility index (Phi) is 7.29. The second-order valence-corrected chi connectivity index (χ2v) is 6.98. The molecule has 27 heavy (non-hydrogen) atoms. The predicted octanol–water partition coefficient (Wildman–Crippen LogP) is 3.88. The van der Waals surface area contributed by atoms with Gasteiger partial charge in [0, 0.05) is 11.6 Å². The van der Waals surface area contributed by atoms with Crippen molar-refractivity contribution < 1.29 is 18.7 Å². The Hall–Kier alpha value is -2.48. The third-order valence-corrected chi connectivity index (χ3v) is 4.32. The van der Waals surface area contributed by atoms with Crippen LogP contribution in [0, 0.1) is 5.92 Å². The van der Waals surface area contributed by atoms with Crippen LogP contribution < -0.4 is 15.4 Å². The van der Waals surface area contributed by atoms with E-state index >= 15 is 0 Å². The SMILES string of the molecule is CCOc1ccc(NC(=O)C(C)C)cc1C(=O)NC(C)c1coc(SC)n1. The van der Waals surface area contributed by atoms with Crippen LogP contribution in [0.25, 0.3) is 0 Å². The van der Waals surface area contributed by atoms with Gasteiger partial charge < -0.3 is 19.8 Å². The summed E-state index contributed by atoms with van der Waals surface area (Å²) in [5.74, 6) is -0.146. The molecule has 0 saturated heterocycles. The number of nitrogens with zero attached hydrogens (tertiary/aromatic N) is 1. The molecular formula is C19H25N3O4S. The minimum Gasteiger partial charge on any atom is -0.493 e. The van der Waals surface area contributed by atoms with Gasteiger partial charge in [0.05, 0.1) is 18.2 Å². The summed E-state index contributed by atoms with van der Waals surface area (Å²) in [6, 6.07) is 4.67. The maximum atomic E-state index is 12.8. The Balaban J connectivity index is 2.21. The van der Waals surface area contributed by atoms with Gasteiger partial charge in [-0.15, -0.1) is 0 Å². The third kappa shape index (κ3) is 5.50. The highest BCUT2D eigenvalue weighted by Crippen LogP contribution is 2.25. The third-order valence-electron chi connectivity index (χ3n) is 3.78. The average molecular weight is 391 g/mol. The van der Waals surface area contributed by atoms with Crippen molar-refractivity contribution >= 4 is 29.3 Å². The number of thioether (sulfide) groups is 1. The van der Waals surface area contributed by atoms with Crippen molar-refractivity contribution in [3.63, 3.8) is 0 Å². The number of hydrogen-bond donors (Lipinski definition) is 2. The van der Waals surface area contributed by atoms with Gasteiger partial charge in [-0.3, -0.25) is 9.59 Å². The molecule has 0 spiro atoms. The fourth-order valence-corrected chi connectivity index (χ4v) is 2.60. The van der Waals surface area contributed by atoms with E-state index in [9.17, 15) is 9.59 Å². The van der Waals surface area contributed by atoms with Crippen LogP contribution in [0.3, 0.4) is 0 Å². The molecule has 0 aliphatic carbocycles. The van der Waals surface area contributed by atoms with Gasteiger partial charge in [0.1, 0.15) is 17.7 Å². The van der Waals surface area contributed by atoms with E-state index in [0.29, 0.717) is 34.5 Å². The van der Waals surface area contributed by atoms with Crippen molar-refractivity contribution in [1.82, 2.24) is 10.3 Å². The molecule has 0 aliphatic heterocycles. The molecule has 0 saturated carbocycles. The van der Waals surface area contributed by atoms with Gasteiger partial charge in [0.25, 0.3) is 11.1 Å². The summed E-state index contributed by atoms with van der Waals surface area (Å²) in [5, 5.41) is 6.23. The van der Waals surface area contributed by atoms with Crippen LogP contribution in [0.15, 0.2) is 34.1 Å². The van der Waals surface area contributed by atoms with E-state index in [1.165, 1.54) is 18.0 Å². The number of ether oxygens (including phenoxy) is 1. The van der Waals surface area contributed by atoms with Gasteiger partial charge in [-0.1, -0.05) is 25.6 Å². The van der Waals surface area contributed by atoms with Crippen LogP contribution in [0.4, 0.5) is 5.69 Å². The fraction of sp³-hybridized carbons (Fsp3) is 0.421. The van der Waals surface area contributed by atoms with E-state index in [0.717, 1.165) is 0 Å². The lowest BCUT2D eigenvalue weighted by Gasteiger charge is -2.16. The summed E-state index contributed by atoms with van der Waals surface area (Å²) in [7, 11) is 0. The van der Waals surface area contributed by atoms with Crippen molar-refractivity contribution in [2.24, 2.45) is 5.92 Å². The standard InChI is InChI=1S/C19H25N3O4S/c1-6-25-16-8-7-13(21-17(23)11(2)3)9-14(16)18(24)20-12(4)15-10-26-19(22-15)27-5/h7-12H,6H2,1-5H3,(H,20,24)(H,21,23). The Morgan fingerprint density at radius 3 is 2.63 bits per heavy atom. The van der Waals surface area contributed by atoms with Crippen LogP contribution in [0.1, 0.15) is 49.8 Å². The summed E-state index contributed by atoms with van der Waals surface area (Å²) >= 11 is 1.39. The van der Waals surface area contributed by atoms with Gasteiger partial charge in [0.2, 0.25) is 5.91 Å². The molecule has 0 aliphatic rings. The summed E-state index contributed by atoms with van der Waals surface area (Å²) in [6.45, 7) is 7.70. The number of hydrogen-bond acceptors (Lipinski definition) is 6. The number of amides is 2. The van der Waals surface area contributed by atoms with Crippen molar-refractivity contribution in [1.29, 1.82) is 0 Å². The zero-order valence-corrected chi connectivity index (χ0v) is 17.0. The highest BCUT2D eigenvalue weighted by Gasteiger charge is 2.19. The second kappa shape index (κ2) is 9.45. The van der Waals surface area contributed by atoms with Crippen molar-refractivity contribution in [3.05, 3.63) is 35.7 Å². The van der Waals surface area contributed by atoms with Gasteiger partial charge in [0.15, 0.2) is 0 Å².